The minimum atomic E-state index is -0.0372. The zero-order valence-corrected chi connectivity index (χ0v) is 16.6. The van der Waals surface area contributed by atoms with Crippen LogP contribution in [0.15, 0.2) is 29.0 Å². The van der Waals surface area contributed by atoms with E-state index >= 15 is 0 Å². The molecule has 1 unspecified atom stereocenters. The first-order valence-electron chi connectivity index (χ1n) is 10.2. The standard InChI is InChI=1S/C21H28N4O3/c1-15(2)5-6-18(26)25-13-17(21(14-25)7-10-27-11-8-21)20-23-19(24-28-20)16-4-3-9-22-12-16/h3-4,9,12,15,17H,5-8,10-11,13-14H2,1-2H3. The highest BCUT2D eigenvalue weighted by Crippen LogP contribution is 2.49. The van der Waals surface area contributed by atoms with Crippen LogP contribution in [0.3, 0.4) is 0 Å². The maximum atomic E-state index is 12.8. The Morgan fingerprint density at radius 3 is 2.89 bits per heavy atom. The predicted octanol–water partition coefficient (Wildman–Crippen LogP) is 3.29. The number of ether oxygens (including phenoxy) is 1. The molecule has 0 bridgehead atoms. The molecule has 0 radical (unpaired) electrons. The molecule has 2 aromatic rings. The lowest BCUT2D eigenvalue weighted by Gasteiger charge is -2.36. The van der Waals surface area contributed by atoms with E-state index < -0.39 is 0 Å². The Labute approximate surface area is 165 Å². The summed E-state index contributed by atoms with van der Waals surface area (Å²) in [7, 11) is 0. The van der Waals surface area contributed by atoms with Crippen molar-refractivity contribution in [3.05, 3.63) is 30.4 Å². The van der Waals surface area contributed by atoms with E-state index in [1.807, 2.05) is 17.0 Å². The molecule has 28 heavy (non-hydrogen) atoms. The average Bonchev–Trinajstić information content (AvgIpc) is 3.33. The van der Waals surface area contributed by atoms with Crippen molar-refractivity contribution >= 4 is 5.91 Å². The first-order valence-corrected chi connectivity index (χ1v) is 10.2. The van der Waals surface area contributed by atoms with E-state index in [0.717, 1.165) is 31.4 Å². The summed E-state index contributed by atoms with van der Waals surface area (Å²) < 4.78 is 11.3. The molecule has 2 saturated heterocycles. The third kappa shape index (κ3) is 3.81. The number of rotatable bonds is 5. The second kappa shape index (κ2) is 7.99. The number of hydrogen-bond acceptors (Lipinski definition) is 6. The Kier molecular flexibility index (Phi) is 5.44. The number of likely N-dealkylation sites (tertiary alicyclic amines) is 1. The van der Waals surface area contributed by atoms with Crippen LogP contribution in [-0.4, -0.2) is 52.2 Å². The van der Waals surface area contributed by atoms with Crippen LogP contribution in [-0.2, 0) is 9.53 Å². The third-order valence-electron chi connectivity index (χ3n) is 6.08. The Morgan fingerprint density at radius 1 is 1.36 bits per heavy atom. The lowest BCUT2D eigenvalue weighted by atomic mass is 9.72. The van der Waals surface area contributed by atoms with Gasteiger partial charge in [0.1, 0.15) is 0 Å². The first-order chi connectivity index (χ1) is 13.6. The summed E-state index contributed by atoms with van der Waals surface area (Å²) in [6, 6.07) is 3.78. The lowest BCUT2D eigenvalue weighted by Crippen LogP contribution is -2.37. The van der Waals surface area contributed by atoms with E-state index in [1.54, 1.807) is 12.4 Å². The maximum Gasteiger partial charge on any atom is 0.232 e. The van der Waals surface area contributed by atoms with Gasteiger partial charge in [0.15, 0.2) is 0 Å². The fraction of sp³-hybridized carbons (Fsp3) is 0.619. The van der Waals surface area contributed by atoms with E-state index in [1.165, 1.54) is 0 Å². The summed E-state index contributed by atoms with van der Waals surface area (Å²) in [5.41, 5.74) is 0.797. The molecular formula is C21H28N4O3. The Balaban J connectivity index is 1.57. The van der Waals surface area contributed by atoms with Crippen LogP contribution >= 0.6 is 0 Å². The first kappa shape index (κ1) is 19.1. The summed E-state index contributed by atoms with van der Waals surface area (Å²) in [5.74, 6) is 1.98. The normalized spacial score (nSPS) is 21.5. The maximum absolute atomic E-state index is 12.8. The fourth-order valence-electron chi connectivity index (χ4n) is 4.34. The van der Waals surface area contributed by atoms with Gasteiger partial charge in [0.25, 0.3) is 0 Å². The summed E-state index contributed by atoms with van der Waals surface area (Å²) in [6.45, 7) is 7.13. The number of hydrogen-bond donors (Lipinski definition) is 0. The van der Waals surface area contributed by atoms with Crippen LogP contribution in [0, 0.1) is 11.3 Å². The quantitative estimate of drug-likeness (QED) is 0.787. The van der Waals surface area contributed by atoms with E-state index in [0.29, 0.717) is 43.8 Å². The van der Waals surface area contributed by atoms with Gasteiger partial charge in [-0.1, -0.05) is 19.0 Å². The zero-order chi connectivity index (χ0) is 19.6. The third-order valence-corrected chi connectivity index (χ3v) is 6.08. The zero-order valence-electron chi connectivity index (χ0n) is 16.6. The smallest absolute Gasteiger partial charge is 0.232 e. The van der Waals surface area contributed by atoms with Crippen LogP contribution in [0.5, 0.6) is 0 Å². The molecule has 2 aromatic heterocycles. The summed E-state index contributed by atoms with van der Waals surface area (Å²) in [4.78, 5) is 23.6. The molecule has 1 amide bonds. The molecule has 0 N–H and O–H groups in total. The highest BCUT2D eigenvalue weighted by molar-refractivity contribution is 5.76. The minimum absolute atomic E-state index is 0.0372. The molecule has 1 atom stereocenters. The highest BCUT2D eigenvalue weighted by Gasteiger charge is 2.51. The van der Waals surface area contributed by atoms with Gasteiger partial charge in [0.2, 0.25) is 17.6 Å². The number of carbonyl (C=O) groups excluding carboxylic acids is 1. The van der Waals surface area contributed by atoms with E-state index in [2.05, 4.69) is 29.0 Å². The summed E-state index contributed by atoms with van der Waals surface area (Å²) >= 11 is 0. The van der Waals surface area contributed by atoms with Gasteiger partial charge >= 0.3 is 0 Å². The van der Waals surface area contributed by atoms with Crippen molar-refractivity contribution in [1.82, 2.24) is 20.0 Å². The van der Waals surface area contributed by atoms with Gasteiger partial charge in [-0.25, -0.2) is 0 Å². The molecule has 0 aliphatic carbocycles. The molecule has 2 aliphatic heterocycles. The molecule has 0 saturated carbocycles. The summed E-state index contributed by atoms with van der Waals surface area (Å²) in [6.07, 6.45) is 6.80. The fourth-order valence-corrected chi connectivity index (χ4v) is 4.34. The van der Waals surface area contributed by atoms with Crippen molar-refractivity contribution in [2.45, 2.75) is 45.4 Å². The van der Waals surface area contributed by atoms with Crippen molar-refractivity contribution in [3.8, 4) is 11.4 Å². The van der Waals surface area contributed by atoms with Crippen LogP contribution in [0.1, 0.15) is 51.3 Å². The van der Waals surface area contributed by atoms with E-state index in [4.69, 9.17) is 9.26 Å². The van der Waals surface area contributed by atoms with Crippen LogP contribution in [0.2, 0.25) is 0 Å². The molecule has 7 nitrogen and oxygen atoms in total. The van der Waals surface area contributed by atoms with Gasteiger partial charge in [-0.15, -0.1) is 0 Å². The number of pyridine rings is 1. The molecule has 2 fully saturated rings. The number of aromatic nitrogens is 3. The number of carbonyl (C=O) groups is 1. The van der Waals surface area contributed by atoms with Crippen LogP contribution in [0.25, 0.3) is 11.4 Å². The largest absolute Gasteiger partial charge is 0.381 e. The SMILES string of the molecule is CC(C)CCC(=O)N1CC(c2nc(-c3cccnc3)no2)C2(CCOCC2)C1. The Hall–Kier alpha value is -2.28. The van der Waals surface area contributed by atoms with Crippen molar-refractivity contribution in [1.29, 1.82) is 0 Å². The van der Waals surface area contributed by atoms with Gasteiger partial charge in [-0.05, 0) is 37.3 Å². The molecule has 2 aliphatic rings. The minimum Gasteiger partial charge on any atom is -0.381 e. The molecule has 150 valence electrons. The second-order valence-electron chi connectivity index (χ2n) is 8.43. The lowest BCUT2D eigenvalue weighted by molar-refractivity contribution is -0.131. The molecule has 7 heteroatoms. The van der Waals surface area contributed by atoms with E-state index in [9.17, 15) is 4.79 Å². The van der Waals surface area contributed by atoms with Crippen LogP contribution < -0.4 is 0 Å². The van der Waals surface area contributed by atoms with Gasteiger partial charge in [-0.2, -0.15) is 4.98 Å². The molecular weight excluding hydrogens is 356 g/mol. The van der Waals surface area contributed by atoms with Crippen molar-refractivity contribution in [3.63, 3.8) is 0 Å². The number of amides is 1. The van der Waals surface area contributed by atoms with Crippen molar-refractivity contribution < 1.29 is 14.1 Å². The molecule has 1 spiro atoms. The summed E-state index contributed by atoms with van der Waals surface area (Å²) in [5, 5.41) is 4.18. The van der Waals surface area contributed by atoms with E-state index in [-0.39, 0.29) is 17.2 Å². The Bertz CT molecular complexity index is 799. The average molecular weight is 384 g/mol. The highest BCUT2D eigenvalue weighted by atomic mass is 16.5. The van der Waals surface area contributed by atoms with Crippen LogP contribution in [0.4, 0.5) is 0 Å². The molecule has 0 aromatic carbocycles. The topological polar surface area (TPSA) is 81.4 Å². The Morgan fingerprint density at radius 2 is 2.18 bits per heavy atom. The van der Waals surface area contributed by atoms with Gasteiger partial charge in [-0.3, -0.25) is 9.78 Å². The molecule has 4 rings (SSSR count). The van der Waals surface area contributed by atoms with Gasteiger partial charge in [0.05, 0.1) is 5.92 Å². The second-order valence-corrected chi connectivity index (χ2v) is 8.43. The monoisotopic (exact) mass is 384 g/mol. The number of nitrogens with zero attached hydrogens (tertiary/aromatic N) is 4. The molecule has 4 heterocycles. The van der Waals surface area contributed by atoms with Gasteiger partial charge in [0, 0.05) is 56.1 Å². The van der Waals surface area contributed by atoms with Crippen molar-refractivity contribution in [2.24, 2.45) is 11.3 Å². The predicted molar refractivity (Wildman–Crippen MR) is 103 cm³/mol. The van der Waals surface area contributed by atoms with Gasteiger partial charge < -0.3 is 14.2 Å². The van der Waals surface area contributed by atoms with Crippen molar-refractivity contribution in [2.75, 3.05) is 26.3 Å².